The minimum absolute atomic E-state index is 0.140. The summed E-state index contributed by atoms with van der Waals surface area (Å²) >= 11 is 6.00. The molecule has 3 heteroatoms. The number of rotatable bonds is 4. The average Bonchev–Trinajstić information content (AvgIpc) is 2.16. The molecule has 2 nitrogen and oxygen atoms in total. The lowest BCUT2D eigenvalue weighted by Crippen LogP contribution is -2.59. The first kappa shape index (κ1) is 10.9. The van der Waals surface area contributed by atoms with E-state index in [1.54, 1.807) is 0 Å². The second-order valence-corrected chi connectivity index (χ2v) is 4.47. The monoisotopic (exact) mass is 225 g/mol. The van der Waals surface area contributed by atoms with Crippen LogP contribution in [0.4, 0.5) is 0 Å². The van der Waals surface area contributed by atoms with Crippen molar-refractivity contribution in [2.45, 2.75) is 12.3 Å². The van der Waals surface area contributed by atoms with Crippen LogP contribution < -0.4 is 5.32 Å². The molecule has 0 amide bonds. The first-order valence-electron chi connectivity index (χ1n) is 5.31. The summed E-state index contributed by atoms with van der Waals surface area (Å²) in [7, 11) is 0. The maximum absolute atomic E-state index is 6.00. The van der Waals surface area contributed by atoms with Crippen molar-refractivity contribution in [3.63, 3.8) is 0 Å². The van der Waals surface area contributed by atoms with Gasteiger partial charge in [0.05, 0.1) is 6.61 Å². The van der Waals surface area contributed by atoms with Crippen LogP contribution in [0.1, 0.15) is 12.5 Å². The number of nitrogens with one attached hydrogen (secondary N) is 1. The standard InChI is InChI=1S/C12H16ClNO/c1-2-15-9-12(7-14-8-12)10-4-3-5-11(13)6-10/h3-6,14H,2,7-9H2,1H3. The van der Waals surface area contributed by atoms with Crippen LogP contribution in [0.2, 0.25) is 5.02 Å². The van der Waals surface area contributed by atoms with Gasteiger partial charge in [0.15, 0.2) is 0 Å². The molecule has 0 spiro atoms. The zero-order chi connectivity index (χ0) is 10.7. The zero-order valence-corrected chi connectivity index (χ0v) is 9.68. The highest BCUT2D eigenvalue weighted by Crippen LogP contribution is 2.30. The first-order valence-corrected chi connectivity index (χ1v) is 5.69. The van der Waals surface area contributed by atoms with E-state index in [4.69, 9.17) is 16.3 Å². The molecule has 0 atom stereocenters. The number of benzene rings is 1. The Kier molecular flexibility index (Phi) is 3.29. The molecule has 1 saturated heterocycles. The molecule has 15 heavy (non-hydrogen) atoms. The average molecular weight is 226 g/mol. The number of ether oxygens (including phenoxy) is 1. The highest BCUT2D eigenvalue weighted by molar-refractivity contribution is 6.30. The van der Waals surface area contributed by atoms with Gasteiger partial charge in [0.2, 0.25) is 0 Å². The van der Waals surface area contributed by atoms with Gasteiger partial charge in [0, 0.05) is 30.1 Å². The summed E-state index contributed by atoms with van der Waals surface area (Å²) in [5.41, 5.74) is 1.42. The van der Waals surface area contributed by atoms with Crippen molar-refractivity contribution in [1.82, 2.24) is 5.32 Å². The fraction of sp³-hybridized carbons (Fsp3) is 0.500. The minimum atomic E-state index is 0.140. The summed E-state index contributed by atoms with van der Waals surface area (Å²) in [6.45, 7) is 5.53. The first-order chi connectivity index (χ1) is 7.27. The third-order valence-corrected chi connectivity index (χ3v) is 3.18. The Morgan fingerprint density at radius 2 is 2.27 bits per heavy atom. The Morgan fingerprint density at radius 1 is 1.47 bits per heavy atom. The van der Waals surface area contributed by atoms with E-state index in [9.17, 15) is 0 Å². The maximum atomic E-state index is 6.00. The second-order valence-electron chi connectivity index (χ2n) is 4.03. The fourth-order valence-corrected chi connectivity index (χ4v) is 2.12. The summed E-state index contributed by atoms with van der Waals surface area (Å²) < 4.78 is 5.55. The molecule has 1 aromatic rings. The van der Waals surface area contributed by atoms with Gasteiger partial charge in [-0.2, -0.15) is 0 Å². The van der Waals surface area contributed by atoms with Crippen LogP contribution in [0, 0.1) is 0 Å². The number of halogens is 1. The van der Waals surface area contributed by atoms with Gasteiger partial charge in [-0.3, -0.25) is 0 Å². The van der Waals surface area contributed by atoms with E-state index in [-0.39, 0.29) is 5.41 Å². The van der Waals surface area contributed by atoms with Gasteiger partial charge in [-0.05, 0) is 24.6 Å². The van der Waals surface area contributed by atoms with Crippen molar-refractivity contribution < 1.29 is 4.74 Å². The third-order valence-electron chi connectivity index (χ3n) is 2.95. The van der Waals surface area contributed by atoms with Crippen LogP contribution in [-0.4, -0.2) is 26.3 Å². The molecule has 0 radical (unpaired) electrons. The van der Waals surface area contributed by atoms with E-state index < -0.39 is 0 Å². The highest BCUT2D eigenvalue weighted by Gasteiger charge is 2.38. The topological polar surface area (TPSA) is 21.3 Å². The van der Waals surface area contributed by atoms with Crippen molar-refractivity contribution in [1.29, 1.82) is 0 Å². The van der Waals surface area contributed by atoms with E-state index in [1.165, 1.54) is 5.56 Å². The predicted molar refractivity (Wildman–Crippen MR) is 62.5 cm³/mol. The van der Waals surface area contributed by atoms with Crippen molar-refractivity contribution in [3.8, 4) is 0 Å². The molecule has 0 aromatic heterocycles. The van der Waals surface area contributed by atoms with E-state index in [2.05, 4.69) is 11.4 Å². The Balaban J connectivity index is 2.18. The minimum Gasteiger partial charge on any atom is -0.381 e. The van der Waals surface area contributed by atoms with Crippen LogP contribution >= 0.6 is 11.6 Å². The van der Waals surface area contributed by atoms with E-state index in [1.807, 2.05) is 25.1 Å². The van der Waals surface area contributed by atoms with Crippen LogP contribution in [-0.2, 0) is 10.2 Å². The Bertz CT molecular complexity index is 336. The molecule has 2 rings (SSSR count). The Hall–Kier alpha value is -0.570. The Morgan fingerprint density at radius 3 is 2.80 bits per heavy atom. The molecule has 0 saturated carbocycles. The molecule has 1 N–H and O–H groups in total. The van der Waals surface area contributed by atoms with Crippen LogP contribution in [0.25, 0.3) is 0 Å². The summed E-state index contributed by atoms with van der Waals surface area (Å²) in [5.74, 6) is 0. The predicted octanol–water partition coefficient (Wildman–Crippen LogP) is 2.22. The van der Waals surface area contributed by atoms with Gasteiger partial charge in [-0.1, -0.05) is 23.7 Å². The molecule has 1 heterocycles. The lowest BCUT2D eigenvalue weighted by atomic mass is 9.76. The van der Waals surface area contributed by atoms with E-state index in [0.29, 0.717) is 0 Å². The van der Waals surface area contributed by atoms with Crippen molar-refractivity contribution in [2.75, 3.05) is 26.3 Å². The molecule has 1 fully saturated rings. The van der Waals surface area contributed by atoms with Crippen LogP contribution in [0.5, 0.6) is 0 Å². The maximum Gasteiger partial charge on any atom is 0.0587 e. The van der Waals surface area contributed by atoms with Crippen LogP contribution in [0.3, 0.4) is 0 Å². The normalized spacial score (nSPS) is 18.5. The lowest BCUT2D eigenvalue weighted by Gasteiger charge is -2.43. The van der Waals surface area contributed by atoms with E-state index in [0.717, 1.165) is 31.3 Å². The molecule has 0 aliphatic carbocycles. The van der Waals surface area contributed by atoms with Crippen molar-refractivity contribution in [3.05, 3.63) is 34.9 Å². The smallest absolute Gasteiger partial charge is 0.0587 e. The second kappa shape index (κ2) is 4.52. The molecule has 0 bridgehead atoms. The molecular weight excluding hydrogens is 210 g/mol. The van der Waals surface area contributed by atoms with Gasteiger partial charge in [0.1, 0.15) is 0 Å². The quantitative estimate of drug-likeness (QED) is 0.849. The molecule has 1 aliphatic heterocycles. The SMILES string of the molecule is CCOCC1(c2cccc(Cl)c2)CNC1. The molecule has 82 valence electrons. The van der Waals surface area contributed by atoms with Gasteiger partial charge in [-0.15, -0.1) is 0 Å². The lowest BCUT2D eigenvalue weighted by molar-refractivity contribution is 0.0651. The number of hydrogen-bond acceptors (Lipinski definition) is 2. The summed E-state index contributed by atoms with van der Waals surface area (Å²) in [5, 5.41) is 4.11. The van der Waals surface area contributed by atoms with Gasteiger partial charge >= 0.3 is 0 Å². The molecule has 0 unspecified atom stereocenters. The fourth-order valence-electron chi connectivity index (χ4n) is 1.93. The van der Waals surface area contributed by atoms with Crippen molar-refractivity contribution >= 4 is 11.6 Å². The van der Waals surface area contributed by atoms with Crippen molar-refractivity contribution in [2.24, 2.45) is 0 Å². The zero-order valence-electron chi connectivity index (χ0n) is 8.92. The van der Waals surface area contributed by atoms with E-state index >= 15 is 0 Å². The summed E-state index contributed by atoms with van der Waals surface area (Å²) in [6.07, 6.45) is 0. The third kappa shape index (κ3) is 2.17. The number of hydrogen-bond donors (Lipinski definition) is 1. The highest BCUT2D eigenvalue weighted by atomic mass is 35.5. The van der Waals surface area contributed by atoms with Gasteiger partial charge in [-0.25, -0.2) is 0 Å². The summed E-state index contributed by atoms with van der Waals surface area (Å²) in [4.78, 5) is 0. The Labute approximate surface area is 95.6 Å². The molecular formula is C12H16ClNO. The molecule has 1 aromatic carbocycles. The van der Waals surface area contributed by atoms with Crippen LogP contribution in [0.15, 0.2) is 24.3 Å². The summed E-state index contributed by atoms with van der Waals surface area (Å²) in [6, 6.07) is 8.09. The largest absolute Gasteiger partial charge is 0.381 e. The van der Waals surface area contributed by atoms with Gasteiger partial charge in [0.25, 0.3) is 0 Å². The van der Waals surface area contributed by atoms with Gasteiger partial charge < -0.3 is 10.1 Å². The molecule has 1 aliphatic rings.